The Kier molecular flexibility index (Phi) is 12.5. The standard InChI is InChI=1S/C49H56FN9O9S/c1-24(2)39(55-48(62)64-5)45(60)57-13-7-9-33(57)43-51-21-30(53-43)26-11-12-32-28(17-26)19-35-38-29(50)18-27(20-36(38)68-47(59(32)35)42-41-37(23-69-42)66-15-16-67-41)31-22-52-44(54-31)34-10-8-14-58(34)46(61)40(25(3)4)56-49(63)65-6/h11-12,17-25,33-34,39-40,45,47,60H,7-10,13-16H2,1-6H3,(H,51,53)(H,52,54)(H,55,62)(H,56,63)/t33-,34-,39-,40-,45?,47?/m0/s1. The number of nitrogens with zero attached hydrogens (tertiary/aromatic N) is 5. The fraction of sp³-hybridized carbons (Fsp3) is 0.449. The fourth-order valence-electron chi connectivity index (χ4n) is 10.2. The van der Waals surface area contributed by atoms with E-state index in [0.29, 0.717) is 84.1 Å². The second-order valence-electron chi connectivity index (χ2n) is 18.6. The molecular weight excluding hydrogens is 910 g/mol. The average molecular weight is 966 g/mol. The number of halogens is 1. The lowest BCUT2D eigenvalue weighted by Crippen LogP contribution is -2.54. The Labute approximate surface area is 401 Å². The number of thiophene rings is 1. The lowest BCUT2D eigenvalue weighted by molar-refractivity contribution is -0.135. The van der Waals surface area contributed by atoms with Gasteiger partial charge in [0.2, 0.25) is 12.1 Å². The smallest absolute Gasteiger partial charge is 0.407 e. The molecule has 8 heterocycles. The third-order valence-corrected chi connectivity index (χ3v) is 14.7. The number of amides is 3. The summed E-state index contributed by atoms with van der Waals surface area (Å²) >= 11 is 1.45. The number of aliphatic hydroxyl groups excluding tert-OH is 1. The van der Waals surface area contributed by atoms with Crippen LogP contribution >= 0.6 is 11.3 Å². The van der Waals surface area contributed by atoms with Gasteiger partial charge in [-0.15, -0.1) is 11.3 Å². The third kappa shape index (κ3) is 8.41. The van der Waals surface area contributed by atoms with Crippen molar-refractivity contribution in [2.45, 2.75) is 90.0 Å². The molecular formula is C49H56FN9O9S. The molecule has 4 aliphatic heterocycles. The Morgan fingerprint density at radius 3 is 2.29 bits per heavy atom. The van der Waals surface area contributed by atoms with Crippen molar-refractivity contribution in [1.82, 2.24) is 44.9 Å². The molecule has 2 aromatic carbocycles. The molecule has 2 unspecified atom stereocenters. The van der Waals surface area contributed by atoms with Crippen LogP contribution in [0, 0.1) is 17.7 Å². The number of aliphatic hydroxyl groups is 1. The van der Waals surface area contributed by atoms with E-state index < -0.39 is 42.5 Å². The minimum atomic E-state index is -0.964. The van der Waals surface area contributed by atoms with E-state index >= 15 is 4.39 Å². The lowest BCUT2D eigenvalue weighted by Gasteiger charge is -2.35. The predicted molar refractivity (Wildman–Crippen MR) is 253 cm³/mol. The van der Waals surface area contributed by atoms with Gasteiger partial charge in [-0.3, -0.25) is 14.3 Å². The van der Waals surface area contributed by atoms with Crippen LogP contribution in [0.15, 0.2) is 54.2 Å². The second-order valence-corrected chi connectivity index (χ2v) is 19.5. The molecule has 10 rings (SSSR count). The number of methoxy groups -OCH3 is 2. The minimum absolute atomic E-state index is 0.0628. The van der Waals surface area contributed by atoms with Crippen molar-refractivity contribution in [2.75, 3.05) is 40.5 Å². The summed E-state index contributed by atoms with van der Waals surface area (Å²) in [5, 5.41) is 19.8. The predicted octanol–water partition coefficient (Wildman–Crippen LogP) is 7.88. The monoisotopic (exact) mass is 965 g/mol. The van der Waals surface area contributed by atoms with Crippen LogP contribution in [0.25, 0.3) is 44.7 Å². The molecule has 18 nitrogen and oxygen atoms in total. The van der Waals surface area contributed by atoms with E-state index in [1.54, 1.807) is 17.3 Å². The molecule has 20 heteroatoms. The van der Waals surface area contributed by atoms with Crippen LogP contribution in [0.2, 0.25) is 0 Å². The second kappa shape index (κ2) is 18.7. The number of ether oxygens (including phenoxy) is 5. The highest BCUT2D eigenvalue weighted by molar-refractivity contribution is 7.10. The number of aromatic amines is 2. The van der Waals surface area contributed by atoms with E-state index in [4.69, 9.17) is 33.7 Å². The average Bonchev–Trinajstić information content (AvgIpc) is 4.21. The summed E-state index contributed by atoms with van der Waals surface area (Å²) in [6, 6.07) is 9.35. The number of hydrogen-bond acceptors (Lipinski definition) is 13. The number of alkyl carbamates (subject to hydrolysis) is 2. The molecule has 6 aromatic rings. The summed E-state index contributed by atoms with van der Waals surface area (Å²) in [6.07, 6.45) is 3.47. The van der Waals surface area contributed by atoms with Gasteiger partial charge in [0.25, 0.3) is 0 Å². The van der Waals surface area contributed by atoms with Crippen molar-refractivity contribution in [1.29, 1.82) is 0 Å². The van der Waals surface area contributed by atoms with E-state index in [2.05, 4.69) is 20.6 Å². The topological polar surface area (TPSA) is 210 Å². The van der Waals surface area contributed by atoms with Crippen molar-refractivity contribution >= 4 is 40.3 Å². The summed E-state index contributed by atoms with van der Waals surface area (Å²) in [7, 11) is 2.57. The first-order chi connectivity index (χ1) is 33.3. The molecule has 4 aromatic heterocycles. The van der Waals surface area contributed by atoms with Crippen LogP contribution < -0.4 is 24.8 Å². The Morgan fingerprint density at radius 1 is 0.855 bits per heavy atom. The molecule has 364 valence electrons. The van der Waals surface area contributed by atoms with Crippen LogP contribution in [0.3, 0.4) is 0 Å². The molecule has 6 atom stereocenters. The molecule has 0 bridgehead atoms. The van der Waals surface area contributed by atoms with Crippen molar-refractivity contribution in [3.05, 3.63) is 76.5 Å². The summed E-state index contributed by atoms with van der Waals surface area (Å²) in [6.45, 7) is 9.54. The number of hydrogen-bond donors (Lipinski definition) is 5. The van der Waals surface area contributed by atoms with Crippen LogP contribution in [0.1, 0.15) is 88.2 Å². The first kappa shape index (κ1) is 46.1. The fourth-order valence-corrected chi connectivity index (χ4v) is 11.2. The number of imidazole rings is 2. The van der Waals surface area contributed by atoms with Gasteiger partial charge >= 0.3 is 12.2 Å². The van der Waals surface area contributed by atoms with Gasteiger partial charge in [-0.25, -0.2) is 23.9 Å². The Hall–Kier alpha value is -6.64. The minimum Gasteiger partial charge on any atom is -0.485 e. The first-order valence-corrected chi connectivity index (χ1v) is 24.3. The van der Waals surface area contributed by atoms with E-state index in [1.807, 2.05) is 72.9 Å². The normalized spacial score (nSPS) is 20.1. The zero-order valence-corrected chi connectivity index (χ0v) is 40.0. The van der Waals surface area contributed by atoms with Crippen LogP contribution in [0.5, 0.6) is 17.2 Å². The first-order valence-electron chi connectivity index (χ1n) is 23.4. The van der Waals surface area contributed by atoms with Crippen LogP contribution in [0.4, 0.5) is 14.0 Å². The molecule has 4 aliphatic rings. The maximum atomic E-state index is 17.0. The number of fused-ring (bicyclic) bond motifs is 6. The highest BCUT2D eigenvalue weighted by Crippen LogP contribution is 2.52. The number of benzene rings is 2. The van der Waals surface area contributed by atoms with Gasteiger partial charge in [0.05, 0.1) is 72.9 Å². The summed E-state index contributed by atoms with van der Waals surface area (Å²) in [5.41, 5.74) is 4.41. The van der Waals surface area contributed by atoms with Crippen LogP contribution in [-0.2, 0) is 14.3 Å². The molecule has 2 saturated heterocycles. The molecule has 0 spiro atoms. The van der Waals surface area contributed by atoms with Gasteiger partial charge in [0, 0.05) is 35.0 Å². The van der Waals surface area contributed by atoms with Gasteiger partial charge in [0.1, 0.15) is 53.6 Å². The largest absolute Gasteiger partial charge is 0.485 e. The summed E-state index contributed by atoms with van der Waals surface area (Å²) < 4.78 is 47.6. The van der Waals surface area contributed by atoms with Crippen molar-refractivity contribution < 1.29 is 47.6 Å². The van der Waals surface area contributed by atoms with Gasteiger partial charge in [-0.2, -0.15) is 0 Å². The number of rotatable bonds is 12. The van der Waals surface area contributed by atoms with Crippen molar-refractivity contribution in [3.63, 3.8) is 0 Å². The number of likely N-dealkylation sites (tertiary alicyclic amines) is 2. The zero-order chi connectivity index (χ0) is 48.2. The lowest BCUT2D eigenvalue weighted by atomic mass is 10.0. The molecule has 69 heavy (non-hydrogen) atoms. The van der Waals surface area contributed by atoms with E-state index in [9.17, 15) is 19.5 Å². The third-order valence-electron chi connectivity index (χ3n) is 13.7. The Bertz CT molecular complexity index is 2910. The maximum absolute atomic E-state index is 17.0. The summed E-state index contributed by atoms with van der Waals surface area (Å²) in [5.74, 6) is 1.84. The highest BCUT2D eigenvalue weighted by atomic mass is 32.1. The van der Waals surface area contributed by atoms with Gasteiger partial charge in [0.15, 0.2) is 11.5 Å². The molecule has 0 saturated carbocycles. The molecule has 0 radical (unpaired) electrons. The Balaban J connectivity index is 0.976. The van der Waals surface area contributed by atoms with E-state index in [0.717, 1.165) is 46.3 Å². The van der Waals surface area contributed by atoms with E-state index in [-0.39, 0.29) is 29.8 Å². The van der Waals surface area contributed by atoms with Gasteiger partial charge in [-0.05, 0) is 67.9 Å². The number of nitrogens with one attached hydrogen (secondary N) is 4. The maximum Gasteiger partial charge on any atom is 0.407 e. The van der Waals surface area contributed by atoms with Crippen molar-refractivity contribution in [3.8, 4) is 51.0 Å². The highest BCUT2D eigenvalue weighted by Gasteiger charge is 2.41. The van der Waals surface area contributed by atoms with Crippen molar-refractivity contribution in [2.24, 2.45) is 11.8 Å². The van der Waals surface area contributed by atoms with E-state index in [1.165, 1.54) is 31.6 Å². The van der Waals surface area contributed by atoms with Gasteiger partial charge in [-0.1, -0.05) is 33.8 Å². The Morgan fingerprint density at radius 2 is 1.55 bits per heavy atom. The molecule has 3 amide bonds. The SMILES string of the molecule is COC(=O)N[C@@H](C(C)C)C(O)N1CCC[C@H]1c1ncc(-c2ccc3c(c2)cc2n3C(c3scc4c3OCCO4)Oc3cc(-c4cnc([C@@H]5CCCN5C(=O)[C@@H](NC(=O)OC)C(C)C)[nH]4)cc(F)c3-2)[nH]1. The number of H-pyrrole nitrogens is 2. The summed E-state index contributed by atoms with van der Waals surface area (Å²) in [4.78, 5) is 59.0. The number of carbonyl (C=O) groups is 3. The zero-order valence-electron chi connectivity index (χ0n) is 39.2. The number of aromatic nitrogens is 5. The molecule has 5 N–H and O–H groups in total. The van der Waals surface area contributed by atoms with Gasteiger partial charge < -0.3 is 54.3 Å². The molecule has 2 fully saturated rings. The quantitative estimate of drug-likeness (QED) is 0.0793. The molecule has 0 aliphatic carbocycles. The number of carbonyl (C=O) groups excluding carboxylic acids is 3. The van der Waals surface area contributed by atoms with Crippen LogP contribution in [-0.4, -0.2) is 116 Å².